The molecule has 0 spiro atoms. The highest BCUT2D eigenvalue weighted by atomic mass is 32.2. The number of carbonyl (C=O) groups excluding carboxylic acids is 1. The summed E-state index contributed by atoms with van der Waals surface area (Å²) in [6, 6.07) is 3.79. The van der Waals surface area contributed by atoms with Gasteiger partial charge in [-0.2, -0.15) is 8.42 Å². The summed E-state index contributed by atoms with van der Waals surface area (Å²) in [5.74, 6) is 0. The van der Waals surface area contributed by atoms with E-state index in [1.807, 2.05) is 24.4 Å². The van der Waals surface area contributed by atoms with E-state index in [2.05, 4.69) is 9.17 Å². The van der Waals surface area contributed by atoms with Gasteiger partial charge in [-0.25, -0.2) is 9.78 Å². The molecule has 3 rings (SSSR count). The average Bonchev–Trinajstić information content (AvgIpc) is 2.98. The predicted molar refractivity (Wildman–Crippen MR) is 82.8 cm³/mol. The van der Waals surface area contributed by atoms with Gasteiger partial charge in [0.15, 0.2) is 0 Å². The van der Waals surface area contributed by atoms with Gasteiger partial charge in [-0.15, -0.1) is 11.3 Å². The second-order valence-corrected chi connectivity index (χ2v) is 7.53. The van der Waals surface area contributed by atoms with Gasteiger partial charge < -0.3 is 4.74 Å². The lowest BCUT2D eigenvalue weighted by Crippen LogP contribution is -2.26. The Morgan fingerprint density at radius 3 is 3.00 bits per heavy atom. The van der Waals surface area contributed by atoms with Crippen LogP contribution in [-0.2, 0) is 19.0 Å². The van der Waals surface area contributed by atoms with Crippen molar-refractivity contribution in [3.63, 3.8) is 0 Å². The zero-order valence-corrected chi connectivity index (χ0v) is 13.6. The first-order chi connectivity index (χ1) is 10.3. The van der Waals surface area contributed by atoms with Crippen molar-refractivity contribution in [2.75, 3.05) is 24.3 Å². The number of hydrogen-bond acceptors (Lipinski definition) is 7. The van der Waals surface area contributed by atoms with Crippen LogP contribution in [0.3, 0.4) is 0 Å². The van der Waals surface area contributed by atoms with Crippen LogP contribution in [0, 0.1) is 6.92 Å². The maximum atomic E-state index is 12.0. The first-order valence-electron chi connectivity index (χ1n) is 6.51. The van der Waals surface area contributed by atoms with Crippen molar-refractivity contribution in [1.82, 2.24) is 4.98 Å². The predicted octanol–water partition coefficient (Wildman–Crippen LogP) is 1.91. The van der Waals surface area contributed by atoms with Gasteiger partial charge in [0.05, 0.1) is 18.5 Å². The third kappa shape index (κ3) is 3.06. The van der Waals surface area contributed by atoms with Crippen LogP contribution >= 0.6 is 11.3 Å². The number of hydrogen-bond donors (Lipinski definition) is 0. The molecule has 2 aromatic heterocycles. The van der Waals surface area contributed by atoms with Crippen LogP contribution in [0.4, 0.5) is 10.5 Å². The summed E-state index contributed by atoms with van der Waals surface area (Å²) >= 11 is 1.45. The highest BCUT2D eigenvalue weighted by molar-refractivity contribution is 7.85. The van der Waals surface area contributed by atoms with E-state index < -0.39 is 22.3 Å². The Hall–Kier alpha value is -1.71. The molecule has 3 heterocycles. The number of anilines is 1. The number of nitrogens with zero attached hydrogens (tertiary/aromatic N) is 2. The highest BCUT2D eigenvalue weighted by Gasteiger charge is 2.34. The molecule has 0 aromatic carbocycles. The molecule has 0 saturated carbocycles. The molecule has 1 saturated heterocycles. The lowest BCUT2D eigenvalue weighted by molar-refractivity contribution is 0.107. The molecular formula is C13H14N2O5S2. The van der Waals surface area contributed by atoms with Crippen LogP contribution in [0.15, 0.2) is 17.5 Å². The number of aromatic nitrogens is 1. The van der Waals surface area contributed by atoms with Crippen molar-refractivity contribution < 1.29 is 22.1 Å². The van der Waals surface area contributed by atoms with Gasteiger partial charge in [0.2, 0.25) is 0 Å². The average molecular weight is 342 g/mol. The maximum Gasteiger partial charge on any atom is 0.414 e. The molecule has 1 fully saturated rings. The van der Waals surface area contributed by atoms with Gasteiger partial charge in [-0.05, 0) is 19.1 Å². The number of thiophene rings is 1. The lowest BCUT2D eigenvalue weighted by Gasteiger charge is -2.11. The Balaban J connectivity index is 1.81. The second kappa shape index (κ2) is 5.49. The van der Waals surface area contributed by atoms with Crippen LogP contribution in [0.2, 0.25) is 0 Å². The first-order valence-corrected chi connectivity index (χ1v) is 9.20. The van der Waals surface area contributed by atoms with E-state index in [1.54, 1.807) is 0 Å². The molecule has 7 nitrogen and oxygen atoms in total. The monoisotopic (exact) mass is 342 g/mol. The molecule has 1 amide bonds. The molecule has 22 heavy (non-hydrogen) atoms. The number of aryl methyl sites for hydroxylation is 1. The van der Waals surface area contributed by atoms with Crippen LogP contribution < -0.4 is 4.90 Å². The summed E-state index contributed by atoms with van der Waals surface area (Å²) in [4.78, 5) is 18.7. The molecule has 0 radical (unpaired) electrons. The summed E-state index contributed by atoms with van der Waals surface area (Å²) in [6.07, 6.45) is -0.167. The molecule has 1 aliphatic rings. The molecule has 0 unspecified atom stereocenters. The second-order valence-electron chi connectivity index (χ2n) is 5.03. The third-order valence-corrected chi connectivity index (χ3v) is 4.63. The van der Waals surface area contributed by atoms with Crippen molar-refractivity contribution in [2.24, 2.45) is 0 Å². The molecule has 9 heteroatoms. The molecule has 0 aliphatic carbocycles. The van der Waals surface area contributed by atoms with Crippen LogP contribution in [0.25, 0.3) is 10.2 Å². The summed E-state index contributed by atoms with van der Waals surface area (Å²) < 4.78 is 31.8. The number of amides is 1. The van der Waals surface area contributed by atoms with Crippen LogP contribution in [-0.4, -0.2) is 45.0 Å². The van der Waals surface area contributed by atoms with E-state index in [0.717, 1.165) is 27.9 Å². The van der Waals surface area contributed by atoms with E-state index >= 15 is 0 Å². The van der Waals surface area contributed by atoms with Gasteiger partial charge >= 0.3 is 6.09 Å². The van der Waals surface area contributed by atoms with E-state index in [-0.39, 0.29) is 13.2 Å². The van der Waals surface area contributed by atoms with Gasteiger partial charge in [0.25, 0.3) is 10.1 Å². The molecular weight excluding hydrogens is 328 g/mol. The zero-order chi connectivity index (χ0) is 15.9. The molecule has 0 bridgehead atoms. The summed E-state index contributed by atoms with van der Waals surface area (Å²) in [5.41, 5.74) is 1.63. The first kappa shape index (κ1) is 15.2. The quantitative estimate of drug-likeness (QED) is 0.789. The Morgan fingerprint density at radius 1 is 1.50 bits per heavy atom. The minimum Gasteiger partial charge on any atom is -0.441 e. The Bertz CT molecular complexity index is 830. The van der Waals surface area contributed by atoms with E-state index in [4.69, 9.17) is 4.74 Å². The van der Waals surface area contributed by atoms with Crippen molar-refractivity contribution in [2.45, 2.75) is 13.0 Å². The van der Waals surface area contributed by atoms with E-state index in [0.29, 0.717) is 0 Å². The van der Waals surface area contributed by atoms with Crippen LogP contribution in [0.5, 0.6) is 0 Å². The topological polar surface area (TPSA) is 85.8 Å². The van der Waals surface area contributed by atoms with Gasteiger partial charge in [-0.1, -0.05) is 0 Å². The third-order valence-electron chi connectivity index (χ3n) is 3.19. The van der Waals surface area contributed by atoms with E-state index in [1.165, 1.54) is 16.2 Å². The minimum atomic E-state index is -3.56. The molecule has 1 aliphatic heterocycles. The molecule has 1 atom stereocenters. The smallest absolute Gasteiger partial charge is 0.414 e. The molecule has 2 aromatic rings. The maximum absolute atomic E-state index is 12.0. The Kier molecular flexibility index (Phi) is 3.79. The number of pyridine rings is 1. The standard InChI is InChI=1S/C13H14N2O5S2/c1-8-3-4-10-11(7-21-12(10)14-8)15-5-9(20-13(15)16)6-19-22(2,17)18/h3-4,7,9H,5-6H2,1-2H3/t9-/m1/s1. The number of ether oxygens (including phenoxy) is 1. The summed E-state index contributed by atoms with van der Waals surface area (Å²) in [6.45, 7) is 1.97. The van der Waals surface area contributed by atoms with Gasteiger partial charge in [-0.3, -0.25) is 9.08 Å². The van der Waals surface area contributed by atoms with Crippen LogP contribution in [0.1, 0.15) is 5.69 Å². The van der Waals surface area contributed by atoms with Crippen molar-refractivity contribution in [3.05, 3.63) is 23.2 Å². The van der Waals surface area contributed by atoms with Crippen molar-refractivity contribution >= 4 is 43.5 Å². The zero-order valence-electron chi connectivity index (χ0n) is 12.0. The number of cyclic esters (lactones) is 1. The fourth-order valence-electron chi connectivity index (χ4n) is 2.21. The van der Waals surface area contributed by atoms with Crippen molar-refractivity contribution in [1.29, 1.82) is 0 Å². The largest absolute Gasteiger partial charge is 0.441 e. The van der Waals surface area contributed by atoms with Crippen molar-refractivity contribution in [3.8, 4) is 0 Å². The van der Waals surface area contributed by atoms with Gasteiger partial charge in [0, 0.05) is 16.5 Å². The highest BCUT2D eigenvalue weighted by Crippen LogP contribution is 2.34. The molecule has 0 N–H and O–H groups in total. The number of rotatable bonds is 4. The van der Waals surface area contributed by atoms with Gasteiger partial charge in [0.1, 0.15) is 17.5 Å². The summed E-state index contributed by atoms with van der Waals surface area (Å²) in [5, 5.41) is 2.72. The minimum absolute atomic E-state index is 0.180. The summed E-state index contributed by atoms with van der Waals surface area (Å²) in [7, 11) is -3.56. The fourth-order valence-corrected chi connectivity index (χ4v) is 3.58. The SMILES string of the molecule is Cc1ccc2c(N3C[C@H](COS(C)(=O)=O)OC3=O)csc2n1. The van der Waals surface area contributed by atoms with E-state index in [9.17, 15) is 13.2 Å². The fraction of sp³-hybridized carbons (Fsp3) is 0.385. The molecule has 118 valence electrons. The Morgan fingerprint density at radius 2 is 2.27 bits per heavy atom. The lowest BCUT2D eigenvalue weighted by atomic mass is 10.2. The normalized spacial score (nSPS) is 18.9. The Labute approximate surface area is 131 Å². The number of carbonyl (C=O) groups is 1. The number of fused-ring (bicyclic) bond motifs is 1.